The summed E-state index contributed by atoms with van der Waals surface area (Å²) < 4.78 is 5.38. The van der Waals surface area contributed by atoms with E-state index in [2.05, 4.69) is 15.3 Å². The van der Waals surface area contributed by atoms with Crippen molar-refractivity contribution in [3.05, 3.63) is 33.7 Å². The maximum Gasteiger partial charge on any atom is 0.316 e. The predicted molar refractivity (Wildman–Crippen MR) is 65.9 cm³/mol. The first-order chi connectivity index (χ1) is 8.19. The predicted octanol–water partition coefficient (Wildman–Crippen LogP) is 2.45. The standard InChI is InChI=1S/C10H8ClN3O2S/c1-16-10-12-4-6(5-13-10)14-9(15)7-2-3-8(11)17-7/h2-5H,1H3,(H,14,15). The molecule has 7 heteroatoms. The molecule has 0 radical (unpaired) electrons. The minimum Gasteiger partial charge on any atom is -0.467 e. The smallest absolute Gasteiger partial charge is 0.316 e. The van der Waals surface area contributed by atoms with Gasteiger partial charge in [-0.25, -0.2) is 9.97 Å². The van der Waals surface area contributed by atoms with Gasteiger partial charge in [-0.3, -0.25) is 4.79 Å². The van der Waals surface area contributed by atoms with Crippen LogP contribution >= 0.6 is 22.9 Å². The highest BCUT2D eigenvalue weighted by atomic mass is 35.5. The highest BCUT2D eigenvalue weighted by molar-refractivity contribution is 7.18. The van der Waals surface area contributed by atoms with Crippen LogP contribution in [0, 0.1) is 0 Å². The summed E-state index contributed by atoms with van der Waals surface area (Å²) in [6.45, 7) is 0. The van der Waals surface area contributed by atoms with Crippen LogP contribution in [0.5, 0.6) is 6.01 Å². The van der Waals surface area contributed by atoms with Gasteiger partial charge in [0.2, 0.25) is 0 Å². The maximum atomic E-state index is 11.7. The number of rotatable bonds is 3. The number of nitrogens with zero attached hydrogens (tertiary/aromatic N) is 2. The van der Waals surface area contributed by atoms with Crippen LogP contribution < -0.4 is 10.1 Å². The molecule has 0 aliphatic carbocycles. The average molecular weight is 270 g/mol. The molecule has 0 bridgehead atoms. The second kappa shape index (κ2) is 5.11. The number of carbonyl (C=O) groups is 1. The zero-order chi connectivity index (χ0) is 12.3. The summed E-state index contributed by atoms with van der Waals surface area (Å²) in [6.07, 6.45) is 2.94. The van der Waals surface area contributed by atoms with Gasteiger partial charge in [0.05, 0.1) is 34.4 Å². The molecule has 17 heavy (non-hydrogen) atoms. The minimum atomic E-state index is -0.240. The number of ether oxygens (including phenoxy) is 1. The van der Waals surface area contributed by atoms with E-state index in [1.54, 1.807) is 12.1 Å². The van der Waals surface area contributed by atoms with Gasteiger partial charge in [0.25, 0.3) is 5.91 Å². The third kappa shape index (κ3) is 2.92. The van der Waals surface area contributed by atoms with E-state index in [9.17, 15) is 4.79 Å². The molecule has 0 atom stereocenters. The number of amides is 1. The van der Waals surface area contributed by atoms with E-state index in [1.165, 1.54) is 30.8 Å². The van der Waals surface area contributed by atoms with Crippen molar-refractivity contribution < 1.29 is 9.53 Å². The van der Waals surface area contributed by atoms with Gasteiger partial charge in [0.1, 0.15) is 0 Å². The number of thiophene rings is 1. The first-order valence-corrected chi connectivity index (χ1v) is 5.81. The van der Waals surface area contributed by atoms with Crippen LogP contribution in [0.4, 0.5) is 5.69 Å². The number of anilines is 1. The molecule has 0 saturated heterocycles. The zero-order valence-corrected chi connectivity index (χ0v) is 10.4. The lowest BCUT2D eigenvalue weighted by molar-refractivity contribution is 0.103. The number of halogens is 1. The number of hydrogen-bond donors (Lipinski definition) is 1. The van der Waals surface area contributed by atoms with Crippen molar-refractivity contribution in [2.24, 2.45) is 0 Å². The lowest BCUT2D eigenvalue weighted by Crippen LogP contribution is -2.10. The number of aromatic nitrogens is 2. The van der Waals surface area contributed by atoms with Crippen molar-refractivity contribution in [3.8, 4) is 6.01 Å². The van der Waals surface area contributed by atoms with Gasteiger partial charge in [-0.2, -0.15) is 0 Å². The van der Waals surface area contributed by atoms with Crippen LogP contribution in [-0.2, 0) is 0 Å². The second-order valence-electron chi connectivity index (χ2n) is 3.02. The Morgan fingerprint density at radius 2 is 2.12 bits per heavy atom. The zero-order valence-electron chi connectivity index (χ0n) is 8.81. The summed E-state index contributed by atoms with van der Waals surface area (Å²) in [5, 5.41) is 2.66. The number of carbonyl (C=O) groups excluding carboxylic acids is 1. The average Bonchev–Trinajstić information content (AvgIpc) is 2.77. The van der Waals surface area contributed by atoms with Gasteiger partial charge in [-0.05, 0) is 12.1 Å². The van der Waals surface area contributed by atoms with E-state index in [0.29, 0.717) is 14.9 Å². The first kappa shape index (κ1) is 11.8. The van der Waals surface area contributed by atoms with Gasteiger partial charge in [-0.1, -0.05) is 11.6 Å². The molecule has 0 spiro atoms. The van der Waals surface area contributed by atoms with E-state index < -0.39 is 0 Å². The summed E-state index contributed by atoms with van der Waals surface area (Å²) >= 11 is 6.95. The molecule has 0 aliphatic rings. The van der Waals surface area contributed by atoms with Crippen LogP contribution in [0.2, 0.25) is 4.34 Å². The highest BCUT2D eigenvalue weighted by Crippen LogP contribution is 2.22. The van der Waals surface area contributed by atoms with Gasteiger partial charge >= 0.3 is 6.01 Å². The molecule has 88 valence electrons. The molecule has 0 saturated carbocycles. The Morgan fingerprint density at radius 1 is 1.41 bits per heavy atom. The molecule has 0 aromatic carbocycles. The fraction of sp³-hybridized carbons (Fsp3) is 0.100. The van der Waals surface area contributed by atoms with Gasteiger partial charge in [0, 0.05) is 0 Å². The Hall–Kier alpha value is -1.66. The van der Waals surface area contributed by atoms with Crippen LogP contribution in [0.25, 0.3) is 0 Å². The van der Waals surface area contributed by atoms with E-state index in [-0.39, 0.29) is 11.9 Å². The third-order valence-electron chi connectivity index (χ3n) is 1.87. The van der Waals surface area contributed by atoms with Crippen molar-refractivity contribution in [3.63, 3.8) is 0 Å². The molecule has 1 N–H and O–H groups in total. The van der Waals surface area contributed by atoms with E-state index >= 15 is 0 Å². The Bertz CT molecular complexity index is 527. The van der Waals surface area contributed by atoms with Gasteiger partial charge < -0.3 is 10.1 Å². The molecule has 0 aliphatic heterocycles. The molecule has 2 rings (SSSR count). The lowest BCUT2D eigenvalue weighted by Gasteiger charge is -2.02. The van der Waals surface area contributed by atoms with E-state index in [0.717, 1.165) is 0 Å². The molecular formula is C10H8ClN3O2S. The number of methoxy groups -OCH3 is 1. The van der Waals surface area contributed by atoms with Crippen molar-refractivity contribution in [1.82, 2.24) is 9.97 Å². The van der Waals surface area contributed by atoms with E-state index in [4.69, 9.17) is 16.3 Å². The molecule has 5 nitrogen and oxygen atoms in total. The Kier molecular flexibility index (Phi) is 3.55. The quantitative estimate of drug-likeness (QED) is 0.930. The summed E-state index contributed by atoms with van der Waals surface area (Å²) in [4.78, 5) is 20.0. The summed E-state index contributed by atoms with van der Waals surface area (Å²) in [5.41, 5.74) is 0.500. The van der Waals surface area contributed by atoms with Gasteiger partial charge in [0.15, 0.2) is 0 Å². The van der Waals surface area contributed by atoms with E-state index in [1.807, 2.05) is 0 Å². The highest BCUT2D eigenvalue weighted by Gasteiger charge is 2.09. The SMILES string of the molecule is COc1ncc(NC(=O)c2ccc(Cl)s2)cn1. The van der Waals surface area contributed by atoms with Crippen LogP contribution in [0.1, 0.15) is 9.67 Å². The van der Waals surface area contributed by atoms with Crippen LogP contribution in [-0.4, -0.2) is 23.0 Å². The second-order valence-corrected chi connectivity index (χ2v) is 4.73. The molecule has 1 amide bonds. The normalized spacial score (nSPS) is 10.0. The molecule has 0 unspecified atom stereocenters. The molecule has 0 fully saturated rings. The summed E-state index contributed by atoms with van der Waals surface area (Å²) in [7, 11) is 1.47. The van der Waals surface area contributed by atoms with Crippen molar-refractivity contribution >= 4 is 34.5 Å². The van der Waals surface area contributed by atoms with Crippen LogP contribution in [0.15, 0.2) is 24.5 Å². The minimum absolute atomic E-state index is 0.240. The number of hydrogen-bond acceptors (Lipinski definition) is 5. The van der Waals surface area contributed by atoms with Crippen molar-refractivity contribution in [2.45, 2.75) is 0 Å². The van der Waals surface area contributed by atoms with Crippen LogP contribution in [0.3, 0.4) is 0 Å². The fourth-order valence-corrected chi connectivity index (χ4v) is 2.05. The Balaban J connectivity index is 2.07. The Labute approximate surface area is 106 Å². The number of nitrogens with one attached hydrogen (secondary N) is 1. The monoisotopic (exact) mass is 269 g/mol. The first-order valence-electron chi connectivity index (χ1n) is 4.62. The topological polar surface area (TPSA) is 64.1 Å². The largest absolute Gasteiger partial charge is 0.467 e. The third-order valence-corrected chi connectivity index (χ3v) is 3.10. The van der Waals surface area contributed by atoms with Gasteiger partial charge in [-0.15, -0.1) is 11.3 Å². The molecule has 2 aromatic rings. The Morgan fingerprint density at radius 3 is 2.65 bits per heavy atom. The molecule has 2 aromatic heterocycles. The maximum absolute atomic E-state index is 11.7. The summed E-state index contributed by atoms with van der Waals surface area (Å²) in [6, 6.07) is 3.58. The van der Waals surface area contributed by atoms with Crippen molar-refractivity contribution in [2.75, 3.05) is 12.4 Å². The summed E-state index contributed by atoms with van der Waals surface area (Å²) in [5.74, 6) is -0.240. The molecular weight excluding hydrogens is 262 g/mol. The molecule has 2 heterocycles. The van der Waals surface area contributed by atoms with Crippen molar-refractivity contribution in [1.29, 1.82) is 0 Å². The fourth-order valence-electron chi connectivity index (χ4n) is 1.12. The lowest BCUT2D eigenvalue weighted by atomic mass is 10.4.